The fraction of sp³-hybridized carbons (Fsp3) is 0. The van der Waals surface area contributed by atoms with Crippen LogP contribution in [0, 0.1) is 0 Å². The van der Waals surface area contributed by atoms with Gasteiger partial charge in [-0.25, -0.2) is 9.97 Å². The molecule has 11 aromatic rings. The zero-order valence-electron chi connectivity index (χ0n) is 31.3. The molecular formula is C53H33N5. The Morgan fingerprint density at radius 3 is 1.26 bits per heavy atom. The van der Waals surface area contributed by atoms with Gasteiger partial charge in [-0.15, -0.1) is 0 Å². The molecule has 11 rings (SSSR count). The average Bonchev–Trinajstić information content (AvgIpc) is 3.31. The molecule has 0 aliphatic carbocycles. The van der Waals surface area contributed by atoms with Crippen LogP contribution >= 0.6 is 0 Å². The first-order valence-electron chi connectivity index (χ1n) is 19.4. The van der Waals surface area contributed by atoms with Crippen LogP contribution in [0.2, 0.25) is 0 Å². The minimum absolute atomic E-state index is 0.808. The summed E-state index contributed by atoms with van der Waals surface area (Å²) in [6.45, 7) is 0. The van der Waals surface area contributed by atoms with Crippen LogP contribution in [0.1, 0.15) is 0 Å². The molecule has 270 valence electrons. The first-order valence-corrected chi connectivity index (χ1v) is 19.4. The summed E-state index contributed by atoms with van der Waals surface area (Å²) in [7, 11) is 0. The Balaban J connectivity index is 1.00. The fourth-order valence-electron chi connectivity index (χ4n) is 8.26. The Kier molecular flexibility index (Phi) is 8.07. The first-order chi connectivity index (χ1) is 28.7. The molecule has 5 heteroatoms. The van der Waals surface area contributed by atoms with Crippen molar-refractivity contribution in [3.05, 3.63) is 201 Å². The molecule has 5 aromatic heterocycles. The molecule has 0 atom stereocenters. The van der Waals surface area contributed by atoms with Crippen molar-refractivity contribution in [1.82, 2.24) is 24.9 Å². The largest absolute Gasteiger partial charge is 0.255 e. The molecule has 0 aliphatic heterocycles. The predicted octanol–water partition coefficient (Wildman–Crippen LogP) is 13.3. The van der Waals surface area contributed by atoms with E-state index in [2.05, 4.69) is 154 Å². The average molecular weight is 740 g/mol. The van der Waals surface area contributed by atoms with Gasteiger partial charge in [0.1, 0.15) is 0 Å². The molecule has 0 aliphatic rings. The number of fused-ring (bicyclic) bond motifs is 5. The van der Waals surface area contributed by atoms with E-state index in [4.69, 9.17) is 9.97 Å². The molecule has 0 amide bonds. The maximum absolute atomic E-state index is 5.11. The van der Waals surface area contributed by atoms with E-state index in [0.717, 1.165) is 78.1 Å². The summed E-state index contributed by atoms with van der Waals surface area (Å²) < 4.78 is 0. The summed E-state index contributed by atoms with van der Waals surface area (Å²) in [4.78, 5) is 24.0. The Bertz CT molecular complexity index is 3190. The molecule has 6 aromatic carbocycles. The van der Waals surface area contributed by atoms with Gasteiger partial charge in [-0.1, -0.05) is 133 Å². The first kappa shape index (κ1) is 33.4. The number of aromatic nitrogens is 5. The zero-order chi connectivity index (χ0) is 38.4. The van der Waals surface area contributed by atoms with Crippen LogP contribution in [-0.2, 0) is 0 Å². The number of hydrogen-bond acceptors (Lipinski definition) is 5. The summed E-state index contributed by atoms with van der Waals surface area (Å²) in [5.41, 5.74) is 14.0. The molecular weight excluding hydrogens is 707 g/mol. The second-order valence-electron chi connectivity index (χ2n) is 14.5. The molecule has 58 heavy (non-hydrogen) atoms. The highest BCUT2D eigenvalue weighted by Gasteiger charge is 2.18. The summed E-state index contributed by atoms with van der Waals surface area (Å²) in [6, 6.07) is 63.9. The quantitative estimate of drug-likeness (QED) is 0.125. The highest BCUT2D eigenvalue weighted by atomic mass is 14.8. The monoisotopic (exact) mass is 739 g/mol. The van der Waals surface area contributed by atoms with Gasteiger partial charge in [0.15, 0.2) is 0 Å². The SMILES string of the molecule is c1ccc(-c2cc(-c3ccc(-c4c5ccccc5c(-c5ccc(-c6ccc7ccc8cccnc8c7n6)cc5)c5ccccc45)cc3)cc(-c3ccccn3)n2)nc1. The maximum Gasteiger partial charge on any atom is 0.0972 e. The molecule has 0 unspecified atom stereocenters. The van der Waals surface area contributed by atoms with Crippen molar-refractivity contribution in [2.24, 2.45) is 0 Å². The molecule has 0 bridgehead atoms. The Morgan fingerprint density at radius 2 is 0.724 bits per heavy atom. The van der Waals surface area contributed by atoms with Crippen LogP contribution in [0.25, 0.3) is 111 Å². The van der Waals surface area contributed by atoms with Crippen molar-refractivity contribution in [1.29, 1.82) is 0 Å². The van der Waals surface area contributed by atoms with Crippen molar-refractivity contribution < 1.29 is 0 Å². The molecule has 0 fully saturated rings. The van der Waals surface area contributed by atoms with Crippen molar-refractivity contribution in [2.75, 3.05) is 0 Å². The van der Waals surface area contributed by atoms with Crippen molar-refractivity contribution in [3.8, 4) is 67.4 Å². The summed E-state index contributed by atoms with van der Waals surface area (Å²) in [5.74, 6) is 0. The van der Waals surface area contributed by atoms with Gasteiger partial charge in [0.05, 0.1) is 39.5 Å². The third-order valence-corrected chi connectivity index (χ3v) is 11.0. The van der Waals surface area contributed by atoms with E-state index >= 15 is 0 Å². The van der Waals surface area contributed by atoms with Gasteiger partial charge >= 0.3 is 0 Å². The Hall–Kier alpha value is -7.89. The third-order valence-electron chi connectivity index (χ3n) is 11.0. The van der Waals surface area contributed by atoms with Gasteiger partial charge in [0.25, 0.3) is 0 Å². The van der Waals surface area contributed by atoms with E-state index in [1.807, 2.05) is 48.7 Å². The van der Waals surface area contributed by atoms with Gasteiger partial charge in [-0.3, -0.25) is 15.0 Å². The van der Waals surface area contributed by atoms with Gasteiger partial charge in [0.2, 0.25) is 0 Å². The molecule has 0 spiro atoms. The summed E-state index contributed by atoms with van der Waals surface area (Å²) in [6.07, 6.45) is 5.44. The fourth-order valence-corrected chi connectivity index (χ4v) is 8.26. The van der Waals surface area contributed by atoms with E-state index in [1.54, 1.807) is 12.4 Å². The van der Waals surface area contributed by atoms with Crippen molar-refractivity contribution >= 4 is 43.4 Å². The second-order valence-corrected chi connectivity index (χ2v) is 14.5. The van der Waals surface area contributed by atoms with E-state index < -0.39 is 0 Å². The standard InChI is InChI=1S/C53H33N5/c1-3-13-43-41(11-1)50(36-21-17-34(18-22-36)40-32-48(46-15-5-7-29-54-46)57-49(33-40)47-16-6-8-30-55-47)42-12-2-4-14-44(42)51(43)37-23-19-35(20-24-37)45-28-27-39-26-25-38-10-9-31-56-52(38)53(39)58-45/h1-33H. The van der Waals surface area contributed by atoms with E-state index in [9.17, 15) is 0 Å². The zero-order valence-corrected chi connectivity index (χ0v) is 31.3. The lowest BCUT2D eigenvalue weighted by molar-refractivity contribution is 1.22. The number of nitrogens with zero attached hydrogens (tertiary/aromatic N) is 5. The minimum Gasteiger partial charge on any atom is -0.255 e. The lowest BCUT2D eigenvalue weighted by Gasteiger charge is -2.18. The van der Waals surface area contributed by atoms with Gasteiger partial charge in [-0.05, 0) is 103 Å². The Labute approximate surface area is 335 Å². The van der Waals surface area contributed by atoms with E-state index in [1.165, 1.54) is 32.7 Å². The number of hydrogen-bond donors (Lipinski definition) is 0. The van der Waals surface area contributed by atoms with Crippen LogP contribution in [0.5, 0.6) is 0 Å². The Morgan fingerprint density at radius 1 is 0.259 bits per heavy atom. The van der Waals surface area contributed by atoms with Gasteiger partial charge in [0, 0.05) is 34.9 Å². The molecule has 0 saturated heterocycles. The lowest BCUT2D eigenvalue weighted by Crippen LogP contribution is -1.94. The maximum atomic E-state index is 5.11. The second kappa shape index (κ2) is 14.0. The van der Waals surface area contributed by atoms with E-state index in [0.29, 0.717) is 0 Å². The van der Waals surface area contributed by atoms with Crippen molar-refractivity contribution in [2.45, 2.75) is 0 Å². The molecule has 5 nitrogen and oxygen atoms in total. The normalized spacial score (nSPS) is 11.4. The molecule has 5 heterocycles. The summed E-state index contributed by atoms with van der Waals surface area (Å²) in [5, 5.41) is 7.02. The number of benzene rings is 6. The molecule has 0 N–H and O–H groups in total. The lowest BCUT2D eigenvalue weighted by atomic mass is 9.85. The van der Waals surface area contributed by atoms with Crippen LogP contribution in [-0.4, -0.2) is 24.9 Å². The topological polar surface area (TPSA) is 64.5 Å². The summed E-state index contributed by atoms with van der Waals surface area (Å²) >= 11 is 0. The number of rotatable bonds is 6. The highest BCUT2D eigenvalue weighted by molar-refractivity contribution is 6.21. The molecule has 0 saturated carbocycles. The van der Waals surface area contributed by atoms with Gasteiger partial charge in [-0.2, -0.15) is 0 Å². The van der Waals surface area contributed by atoms with E-state index in [-0.39, 0.29) is 0 Å². The minimum atomic E-state index is 0.808. The number of pyridine rings is 5. The van der Waals surface area contributed by atoms with Gasteiger partial charge < -0.3 is 0 Å². The van der Waals surface area contributed by atoms with Crippen molar-refractivity contribution in [3.63, 3.8) is 0 Å². The smallest absolute Gasteiger partial charge is 0.0972 e. The highest BCUT2D eigenvalue weighted by Crippen LogP contribution is 2.44. The van der Waals surface area contributed by atoms with Crippen LogP contribution in [0.15, 0.2) is 201 Å². The van der Waals surface area contributed by atoms with Crippen LogP contribution < -0.4 is 0 Å². The van der Waals surface area contributed by atoms with Crippen LogP contribution in [0.3, 0.4) is 0 Å². The molecule has 0 radical (unpaired) electrons. The predicted molar refractivity (Wildman–Crippen MR) is 238 cm³/mol. The third kappa shape index (κ3) is 5.85. The van der Waals surface area contributed by atoms with Crippen LogP contribution in [0.4, 0.5) is 0 Å².